The number of rotatable bonds is 4. The fourth-order valence-corrected chi connectivity index (χ4v) is 2.53. The van der Waals surface area contributed by atoms with Crippen molar-refractivity contribution in [1.29, 1.82) is 0 Å². The molecule has 112 valence electrons. The Kier molecular flexibility index (Phi) is 3.92. The zero-order chi connectivity index (χ0) is 15.5. The van der Waals surface area contributed by atoms with Crippen molar-refractivity contribution in [3.8, 4) is 0 Å². The summed E-state index contributed by atoms with van der Waals surface area (Å²) in [6.45, 7) is 5.41. The van der Waals surface area contributed by atoms with Crippen molar-refractivity contribution < 1.29 is 4.79 Å². The van der Waals surface area contributed by atoms with E-state index in [-0.39, 0.29) is 5.91 Å². The number of fused-ring (bicyclic) bond motifs is 1. The van der Waals surface area contributed by atoms with Crippen LogP contribution in [0.2, 0.25) is 0 Å². The number of nitrogens with zero attached hydrogens (tertiary/aromatic N) is 2. The molecule has 0 saturated carbocycles. The minimum Gasteiger partial charge on any atom is -0.348 e. The summed E-state index contributed by atoms with van der Waals surface area (Å²) in [7, 11) is 0. The minimum absolute atomic E-state index is 0.0641. The Morgan fingerprint density at radius 2 is 2.00 bits per heavy atom. The maximum atomic E-state index is 12.5. The monoisotopic (exact) mass is 293 g/mol. The van der Waals surface area contributed by atoms with Crippen LogP contribution in [0.15, 0.2) is 48.8 Å². The number of hydrogen-bond donors (Lipinski definition) is 1. The van der Waals surface area contributed by atoms with Gasteiger partial charge in [0.05, 0.1) is 5.56 Å². The summed E-state index contributed by atoms with van der Waals surface area (Å²) in [6.07, 6.45) is 3.63. The molecule has 0 bridgehead atoms. The number of nitrogens with one attached hydrogen (secondary N) is 1. The molecule has 0 fully saturated rings. The van der Waals surface area contributed by atoms with E-state index in [0.717, 1.165) is 23.1 Å². The molecule has 22 heavy (non-hydrogen) atoms. The normalized spacial score (nSPS) is 10.8. The number of amides is 1. The van der Waals surface area contributed by atoms with Crippen LogP contribution in [0.1, 0.15) is 28.4 Å². The fourth-order valence-electron chi connectivity index (χ4n) is 2.53. The lowest BCUT2D eigenvalue weighted by Crippen LogP contribution is -2.22. The van der Waals surface area contributed by atoms with Crippen molar-refractivity contribution in [2.45, 2.75) is 26.9 Å². The molecule has 0 aliphatic carbocycles. The van der Waals surface area contributed by atoms with Crippen molar-refractivity contribution in [2.24, 2.45) is 0 Å². The van der Waals surface area contributed by atoms with Gasteiger partial charge in [0.15, 0.2) is 0 Å². The highest BCUT2D eigenvalue weighted by Gasteiger charge is 2.14. The average Bonchev–Trinajstić information content (AvgIpc) is 2.93. The molecule has 0 unspecified atom stereocenters. The summed E-state index contributed by atoms with van der Waals surface area (Å²) < 4.78 is 2.00. The number of aryl methyl sites for hydroxylation is 2. The maximum Gasteiger partial charge on any atom is 0.253 e. The van der Waals surface area contributed by atoms with E-state index in [1.165, 1.54) is 5.56 Å². The molecule has 2 aromatic heterocycles. The van der Waals surface area contributed by atoms with E-state index < -0.39 is 0 Å². The number of carbonyl (C=O) groups is 1. The van der Waals surface area contributed by atoms with Crippen molar-refractivity contribution in [2.75, 3.05) is 0 Å². The van der Waals surface area contributed by atoms with Gasteiger partial charge in [0.25, 0.3) is 5.91 Å². The van der Waals surface area contributed by atoms with E-state index >= 15 is 0 Å². The molecule has 1 N–H and O–H groups in total. The molecule has 3 rings (SSSR count). The Balaban J connectivity index is 1.82. The van der Waals surface area contributed by atoms with Gasteiger partial charge in [-0.05, 0) is 31.5 Å². The molecule has 2 heterocycles. The predicted molar refractivity (Wildman–Crippen MR) is 87.8 cm³/mol. The van der Waals surface area contributed by atoms with Crippen molar-refractivity contribution in [1.82, 2.24) is 14.9 Å². The van der Waals surface area contributed by atoms with Gasteiger partial charge in [-0.1, -0.05) is 29.8 Å². The van der Waals surface area contributed by atoms with Crippen molar-refractivity contribution >= 4 is 16.9 Å². The summed E-state index contributed by atoms with van der Waals surface area (Å²) in [6, 6.07) is 12.0. The highest BCUT2D eigenvalue weighted by molar-refractivity contribution is 6.06. The second kappa shape index (κ2) is 6.02. The van der Waals surface area contributed by atoms with E-state index in [1.54, 1.807) is 6.20 Å². The van der Waals surface area contributed by atoms with Crippen LogP contribution in [0.4, 0.5) is 0 Å². The number of carbonyl (C=O) groups excluding carboxylic acids is 1. The predicted octanol–water partition coefficient (Wildman–Crippen LogP) is 3.29. The first-order valence-corrected chi connectivity index (χ1v) is 7.46. The fraction of sp³-hybridized carbons (Fsp3) is 0.222. The third-order valence-corrected chi connectivity index (χ3v) is 3.79. The van der Waals surface area contributed by atoms with Gasteiger partial charge in [0.1, 0.15) is 5.65 Å². The molecular weight excluding hydrogens is 274 g/mol. The van der Waals surface area contributed by atoms with E-state index in [1.807, 2.05) is 54.1 Å². The molecule has 1 aromatic carbocycles. The van der Waals surface area contributed by atoms with Crippen LogP contribution in [0.3, 0.4) is 0 Å². The van der Waals surface area contributed by atoms with E-state index in [4.69, 9.17) is 0 Å². The summed E-state index contributed by atoms with van der Waals surface area (Å²) in [5.41, 5.74) is 3.84. The van der Waals surface area contributed by atoms with Gasteiger partial charge < -0.3 is 9.88 Å². The summed E-state index contributed by atoms with van der Waals surface area (Å²) in [5.74, 6) is -0.0641. The van der Waals surface area contributed by atoms with Gasteiger partial charge in [0.2, 0.25) is 0 Å². The first-order chi connectivity index (χ1) is 10.7. The number of hydrogen-bond acceptors (Lipinski definition) is 2. The van der Waals surface area contributed by atoms with E-state index in [0.29, 0.717) is 12.1 Å². The van der Waals surface area contributed by atoms with Crippen LogP contribution in [-0.2, 0) is 13.1 Å². The molecule has 0 spiro atoms. The minimum atomic E-state index is -0.0641. The van der Waals surface area contributed by atoms with E-state index in [9.17, 15) is 4.79 Å². The Hall–Kier alpha value is -2.62. The SMILES string of the molecule is CCn1cc(C(=O)NCc2ccc(C)cc2)c2cccnc21. The van der Waals surface area contributed by atoms with Crippen LogP contribution in [0.5, 0.6) is 0 Å². The lowest BCUT2D eigenvalue weighted by Gasteiger charge is -2.05. The molecular formula is C18H19N3O. The van der Waals surface area contributed by atoms with E-state index in [2.05, 4.69) is 17.2 Å². The van der Waals surface area contributed by atoms with Gasteiger partial charge in [0, 0.05) is 30.9 Å². The molecule has 0 atom stereocenters. The molecule has 3 aromatic rings. The molecule has 4 nitrogen and oxygen atoms in total. The molecule has 0 aliphatic rings. The highest BCUT2D eigenvalue weighted by Crippen LogP contribution is 2.19. The Morgan fingerprint density at radius 3 is 2.73 bits per heavy atom. The largest absolute Gasteiger partial charge is 0.348 e. The molecule has 0 saturated heterocycles. The van der Waals surface area contributed by atoms with Gasteiger partial charge in [-0.3, -0.25) is 4.79 Å². The summed E-state index contributed by atoms with van der Waals surface area (Å²) >= 11 is 0. The lowest BCUT2D eigenvalue weighted by molar-refractivity contribution is 0.0952. The first-order valence-electron chi connectivity index (χ1n) is 7.46. The second-order valence-electron chi connectivity index (χ2n) is 5.37. The highest BCUT2D eigenvalue weighted by atomic mass is 16.1. The topological polar surface area (TPSA) is 46.9 Å². The van der Waals surface area contributed by atoms with Crippen molar-refractivity contribution in [3.63, 3.8) is 0 Å². The van der Waals surface area contributed by atoms with Crippen LogP contribution >= 0.6 is 0 Å². The number of aromatic nitrogens is 2. The van der Waals surface area contributed by atoms with Crippen LogP contribution in [0, 0.1) is 6.92 Å². The van der Waals surface area contributed by atoms with Gasteiger partial charge in [-0.15, -0.1) is 0 Å². The van der Waals surface area contributed by atoms with Gasteiger partial charge in [-0.25, -0.2) is 4.98 Å². The Bertz CT molecular complexity index is 803. The Labute approximate surface area is 129 Å². The molecule has 4 heteroatoms. The van der Waals surface area contributed by atoms with Crippen molar-refractivity contribution in [3.05, 3.63) is 65.5 Å². The smallest absolute Gasteiger partial charge is 0.253 e. The second-order valence-corrected chi connectivity index (χ2v) is 5.37. The molecule has 1 amide bonds. The van der Waals surface area contributed by atoms with Crippen LogP contribution in [0.25, 0.3) is 11.0 Å². The summed E-state index contributed by atoms with van der Waals surface area (Å²) in [4.78, 5) is 16.8. The quantitative estimate of drug-likeness (QED) is 0.802. The van der Waals surface area contributed by atoms with Crippen LogP contribution in [-0.4, -0.2) is 15.5 Å². The third-order valence-electron chi connectivity index (χ3n) is 3.79. The van der Waals surface area contributed by atoms with Gasteiger partial charge in [-0.2, -0.15) is 0 Å². The van der Waals surface area contributed by atoms with Gasteiger partial charge >= 0.3 is 0 Å². The average molecular weight is 293 g/mol. The summed E-state index contributed by atoms with van der Waals surface area (Å²) in [5, 5.41) is 3.88. The Morgan fingerprint density at radius 1 is 1.23 bits per heavy atom. The third kappa shape index (κ3) is 2.72. The lowest BCUT2D eigenvalue weighted by atomic mass is 10.1. The van der Waals surface area contributed by atoms with Crippen LogP contribution < -0.4 is 5.32 Å². The zero-order valence-electron chi connectivity index (χ0n) is 12.8. The first kappa shape index (κ1) is 14.3. The number of benzene rings is 1. The molecule has 0 aliphatic heterocycles. The zero-order valence-corrected chi connectivity index (χ0v) is 12.8. The standard InChI is InChI=1S/C18H19N3O/c1-3-21-12-16(15-5-4-10-19-17(15)21)18(22)20-11-14-8-6-13(2)7-9-14/h4-10,12H,3,11H2,1-2H3,(H,20,22). The number of pyridine rings is 1. The molecule has 0 radical (unpaired) electrons. The maximum absolute atomic E-state index is 12.5.